The van der Waals surface area contributed by atoms with Crippen LogP contribution in [0.2, 0.25) is 0 Å². The number of carbonyl (C=O) groups excluding carboxylic acids is 2. The number of rotatable bonds is 4. The normalized spacial score (nSPS) is 17.2. The molecule has 0 spiro atoms. The summed E-state index contributed by atoms with van der Waals surface area (Å²) in [5, 5.41) is 11.6. The number of amides is 1. The summed E-state index contributed by atoms with van der Waals surface area (Å²) in [7, 11) is 0. The van der Waals surface area contributed by atoms with Crippen molar-refractivity contribution in [2.45, 2.75) is 19.5 Å². The monoisotopic (exact) mass is 387 g/mol. The molecule has 27 heavy (non-hydrogen) atoms. The van der Waals surface area contributed by atoms with Gasteiger partial charge < -0.3 is 14.8 Å². The highest BCUT2D eigenvalue weighted by molar-refractivity contribution is 7.13. The van der Waals surface area contributed by atoms with E-state index in [0.717, 1.165) is 28.3 Å². The first-order valence-electron chi connectivity index (χ1n) is 8.43. The van der Waals surface area contributed by atoms with E-state index in [1.54, 1.807) is 12.3 Å². The standard InChI is InChI=1S/C17H17N5O4S/c1-2-25-16(24)13-19-17(22-21-13)20-14(23)11-8-27-15(18-11)10-3-4-12-9(7-10)5-6-26-12/h3-4,7-8,13,21H,2,5-6H2,1H3,(H2,19,20,22,23). The maximum absolute atomic E-state index is 12.4. The van der Waals surface area contributed by atoms with Crippen LogP contribution in [0.4, 0.5) is 0 Å². The van der Waals surface area contributed by atoms with Crippen LogP contribution in [-0.4, -0.2) is 42.2 Å². The first-order valence-corrected chi connectivity index (χ1v) is 9.31. The summed E-state index contributed by atoms with van der Waals surface area (Å²) in [5.41, 5.74) is 4.93. The van der Waals surface area contributed by atoms with Gasteiger partial charge in [0.15, 0.2) is 0 Å². The Bertz CT molecular complexity index is 926. The Balaban J connectivity index is 1.40. The first kappa shape index (κ1) is 17.3. The molecular formula is C17H17N5O4S. The molecule has 0 bridgehead atoms. The van der Waals surface area contributed by atoms with E-state index in [0.29, 0.717) is 6.61 Å². The van der Waals surface area contributed by atoms with Crippen molar-refractivity contribution >= 4 is 29.2 Å². The number of benzene rings is 1. The van der Waals surface area contributed by atoms with Gasteiger partial charge in [0.25, 0.3) is 5.91 Å². The number of carbonyl (C=O) groups is 2. The Morgan fingerprint density at radius 1 is 1.44 bits per heavy atom. The number of thiazole rings is 1. The molecule has 1 amide bonds. The van der Waals surface area contributed by atoms with E-state index in [1.807, 2.05) is 18.2 Å². The molecule has 140 valence electrons. The summed E-state index contributed by atoms with van der Waals surface area (Å²) >= 11 is 1.38. The van der Waals surface area contributed by atoms with E-state index in [9.17, 15) is 9.59 Å². The number of nitrogens with one attached hydrogen (secondary N) is 3. The summed E-state index contributed by atoms with van der Waals surface area (Å²) in [5.74, 6) is 0.131. The third-order valence-corrected chi connectivity index (χ3v) is 4.91. The van der Waals surface area contributed by atoms with Crippen LogP contribution in [0.3, 0.4) is 0 Å². The maximum Gasteiger partial charge on any atom is 0.351 e. The average Bonchev–Trinajstić information content (AvgIpc) is 3.41. The molecule has 9 nitrogen and oxygen atoms in total. The van der Waals surface area contributed by atoms with Crippen LogP contribution in [0.15, 0.2) is 28.7 Å². The molecule has 2 aromatic rings. The smallest absolute Gasteiger partial charge is 0.351 e. The summed E-state index contributed by atoms with van der Waals surface area (Å²) in [4.78, 5) is 28.4. The van der Waals surface area contributed by atoms with Gasteiger partial charge in [0.1, 0.15) is 16.5 Å². The van der Waals surface area contributed by atoms with Crippen molar-refractivity contribution in [3.05, 3.63) is 34.8 Å². The molecule has 10 heteroatoms. The van der Waals surface area contributed by atoms with Crippen molar-refractivity contribution in [2.24, 2.45) is 5.10 Å². The van der Waals surface area contributed by atoms with Gasteiger partial charge in [-0.2, -0.15) is 0 Å². The van der Waals surface area contributed by atoms with Gasteiger partial charge in [-0.05, 0) is 30.7 Å². The van der Waals surface area contributed by atoms with Gasteiger partial charge in [-0.25, -0.2) is 9.78 Å². The van der Waals surface area contributed by atoms with Crippen LogP contribution in [0.5, 0.6) is 5.75 Å². The van der Waals surface area contributed by atoms with E-state index in [4.69, 9.17) is 9.47 Å². The topological polar surface area (TPSA) is 114 Å². The minimum Gasteiger partial charge on any atom is -0.493 e. The van der Waals surface area contributed by atoms with Crippen molar-refractivity contribution in [3.63, 3.8) is 0 Å². The lowest BCUT2D eigenvalue weighted by molar-refractivity contribution is -0.145. The molecule has 3 N–H and O–H groups in total. The second-order valence-corrected chi connectivity index (χ2v) is 6.69. The number of ether oxygens (including phenoxy) is 2. The van der Waals surface area contributed by atoms with Gasteiger partial charge in [-0.1, -0.05) is 0 Å². The largest absolute Gasteiger partial charge is 0.493 e. The van der Waals surface area contributed by atoms with Gasteiger partial charge in [0.2, 0.25) is 12.1 Å². The molecule has 1 atom stereocenters. The highest BCUT2D eigenvalue weighted by atomic mass is 32.1. The van der Waals surface area contributed by atoms with E-state index in [-0.39, 0.29) is 18.3 Å². The fourth-order valence-electron chi connectivity index (χ4n) is 2.73. The average molecular weight is 387 g/mol. The minimum atomic E-state index is -0.820. The van der Waals surface area contributed by atoms with E-state index in [1.165, 1.54) is 11.3 Å². The van der Waals surface area contributed by atoms with Crippen molar-refractivity contribution in [1.29, 1.82) is 0 Å². The molecule has 3 heterocycles. The fourth-order valence-corrected chi connectivity index (χ4v) is 3.53. The molecule has 0 saturated carbocycles. The lowest BCUT2D eigenvalue weighted by Crippen LogP contribution is -2.47. The molecule has 0 aliphatic carbocycles. The first-order chi connectivity index (χ1) is 13.1. The number of esters is 1. The molecular weight excluding hydrogens is 370 g/mol. The lowest BCUT2D eigenvalue weighted by atomic mass is 10.1. The third-order valence-electron chi connectivity index (χ3n) is 4.01. The molecule has 1 unspecified atom stereocenters. The molecule has 0 saturated heterocycles. The summed E-state index contributed by atoms with van der Waals surface area (Å²) in [6.45, 7) is 2.67. The van der Waals surface area contributed by atoms with Gasteiger partial charge in [0.05, 0.1) is 13.2 Å². The van der Waals surface area contributed by atoms with Crippen molar-refractivity contribution < 1.29 is 19.1 Å². The molecule has 2 aliphatic heterocycles. The Morgan fingerprint density at radius 2 is 2.33 bits per heavy atom. The third kappa shape index (κ3) is 3.56. The fraction of sp³-hybridized carbons (Fsp3) is 0.294. The second kappa shape index (κ2) is 7.23. The number of nitrogens with zero attached hydrogens (tertiary/aromatic N) is 2. The predicted molar refractivity (Wildman–Crippen MR) is 98.3 cm³/mol. The number of fused-ring (bicyclic) bond motifs is 1. The summed E-state index contributed by atoms with van der Waals surface area (Å²) in [6.07, 6.45) is 0.0574. The Kier molecular flexibility index (Phi) is 4.63. The highest BCUT2D eigenvalue weighted by Gasteiger charge is 2.27. The summed E-state index contributed by atoms with van der Waals surface area (Å²) in [6, 6.07) is 5.90. The molecule has 2 aliphatic rings. The van der Waals surface area contributed by atoms with Crippen molar-refractivity contribution in [1.82, 2.24) is 21.0 Å². The van der Waals surface area contributed by atoms with Crippen LogP contribution in [-0.2, 0) is 16.0 Å². The number of aromatic nitrogens is 1. The zero-order valence-corrected chi connectivity index (χ0v) is 15.3. The molecule has 0 radical (unpaired) electrons. The van der Waals surface area contributed by atoms with Gasteiger partial charge in [0, 0.05) is 17.4 Å². The minimum absolute atomic E-state index is 0.141. The molecule has 1 aromatic carbocycles. The maximum atomic E-state index is 12.4. The molecule has 0 fully saturated rings. The zero-order chi connectivity index (χ0) is 18.8. The zero-order valence-electron chi connectivity index (χ0n) is 14.4. The van der Waals surface area contributed by atoms with Crippen LogP contribution in [0.1, 0.15) is 23.0 Å². The van der Waals surface area contributed by atoms with Gasteiger partial charge in [-0.15, -0.1) is 16.4 Å². The van der Waals surface area contributed by atoms with Crippen LogP contribution < -0.4 is 20.8 Å². The quantitative estimate of drug-likeness (QED) is 0.666. The van der Waals surface area contributed by atoms with Crippen LogP contribution in [0, 0.1) is 0 Å². The van der Waals surface area contributed by atoms with Crippen LogP contribution in [0.25, 0.3) is 10.6 Å². The van der Waals surface area contributed by atoms with E-state index >= 15 is 0 Å². The molecule has 1 aromatic heterocycles. The lowest BCUT2D eigenvalue weighted by Gasteiger charge is -2.10. The SMILES string of the molecule is CCOC(=O)C1NN=C(NC(=O)c2csc(-c3ccc4c(c3)CCO4)n2)N1. The van der Waals surface area contributed by atoms with E-state index in [2.05, 4.69) is 26.1 Å². The Hall–Kier alpha value is -3.14. The number of guanidine groups is 1. The Labute approximate surface area is 158 Å². The molecule has 4 rings (SSSR count). The van der Waals surface area contributed by atoms with Crippen LogP contribution >= 0.6 is 11.3 Å². The van der Waals surface area contributed by atoms with Crippen molar-refractivity contribution in [3.8, 4) is 16.3 Å². The summed E-state index contributed by atoms with van der Waals surface area (Å²) < 4.78 is 10.4. The highest BCUT2D eigenvalue weighted by Crippen LogP contribution is 2.31. The number of hydrogen-bond acceptors (Lipinski definition) is 9. The Morgan fingerprint density at radius 3 is 3.19 bits per heavy atom. The van der Waals surface area contributed by atoms with Gasteiger partial charge >= 0.3 is 5.97 Å². The number of hydrazone groups is 1. The van der Waals surface area contributed by atoms with E-state index < -0.39 is 18.0 Å². The van der Waals surface area contributed by atoms with Gasteiger partial charge in [-0.3, -0.25) is 15.5 Å². The number of hydrogen-bond donors (Lipinski definition) is 3. The predicted octanol–water partition coefficient (Wildman–Crippen LogP) is 0.828. The van der Waals surface area contributed by atoms with Crippen molar-refractivity contribution in [2.75, 3.05) is 13.2 Å². The second-order valence-electron chi connectivity index (χ2n) is 5.83.